The molecule has 0 atom stereocenters. The van der Waals surface area contributed by atoms with Gasteiger partial charge in [-0.05, 0) is 61.6 Å². The zero-order valence-electron chi connectivity index (χ0n) is 14.2. The van der Waals surface area contributed by atoms with Gasteiger partial charge in [0.25, 0.3) is 0 Å². The van der Waals surface area contributed by atoms with Crippen molar-refractivity contribution >= 4 is 16.8 Å². The second-order valence-corrected chi connectivity index (χ2v) is 8.55. The lowest BCUT2D eigenvalue weighted by molar-refractivity contribution is -0.131. The fourth-order valence-corrected chi connectivity index (χ4v) is 4.23. The van der Waals surface area contributed by atoms with E-state index in [4.69, 9.17) is 4.74 Å². The highest BCUT2D eigenvalue weighted by Gasteiger charge is 2.56. The Hall–Kier alpha value is -1.97. The van der Waals surface area contributed by atoms with Gasteiger partial charge in [0, 0.05) is 28.1 Å². The largest absolute Gasteiger partial charge is 0.493 e. The number of hydrogen-bond acceptors (Lipinski definition) is 2. The van der Waals surface area contributed by atoms with Crippen molar-refractivity contribution in [2.24, 2.45) is 16.7 Å². The second-order valence-electron chi connectivity index (χ2n) is 8.55. The number of nitrogens with one attached hydrogen (secondary N) is 2. The van der Waals surface area contributed by atoms with Crippen molar-refractivity contribution in [1.29, 1.82) is 0 Å². The van der Waals surface area contributed by atoms with Gasteiger partial charge in [0.1, 0.15) is 5.75 Å². The van der Waals surface area contributed by atoms with Crippen LogP contribution in [-0.4, -0.2) is 17.5 Å². The molecule has 2 aromatic rings. The number of aromatic nitrogens is 1. The van der Waals surface area contributed by atoms with Crippen molar-refractivity contribution in [2.45, 2.75) is 45.6 Å². The molecular weight excluding hydrogens is 300 g/mol. The van der Waals surface area contributed by atoms with Crippen LogP contribution in [0.25, 0.3) is 10.9 Å². The van der Waals surface area contributed by atoms with E-state index in [1.54, 1.807) is 0 Å². The standard InChI is InChI=1S/C20H24N2O2/c1-19(4-5-19)18(23)21-11-15-6-14-2-3-16(7-17(14)22-15)24-12-20-8-13(9-20)10-20/h2-3,6-7,13,22H,4-5,8-12H2,1H3,(H,21,23). The van der Waals surface area contributed by atoms with Crippen molar-refractivity contribution in [3.63, 3.8) is 0 Å². The molecule has 0 spiro atoms. The number of amides is 1. The topological polar surface area (TPSA) is 54.1 Å². The molecule has 4 heteroatoms. The summed E-state index contributed by atoms with van der Waals surface area (Å²) in [4.78, 5) is 15.4. The summed E-state index contributed by atoms with van der Waals surface area (Å²) in [6, 6.07) is 8.33. The molecule has 1 heterocycles. The molecule has 0 saturated heterocycles. The molecule has 0 unspecified atom stereocenters. The maximum atomic E-state index is 12.0. The first-order chi connectivity index (χ1) is 11.5. The minimum Gasteiger partial charge on any atom is -0.493 e. The van der Waals surface area contributed by atoms with Crippen molar-refractivity contribution < 1.29 is 9.53 Å². The minimum atomic E-state index is -0.117. The van der Waals surface area contributed by atoms with Crippen LogP contribution in [0.2, 0.25) is 0 Å². The zero-order chi connectivity index (χ0) is 16.4. The number of hydrogen-bond donors (Lipinski definition) is 2. The highest BCUT2D eigenvalue weighted by atomic mass is 16.5. The van der Waals surface area contributed by atoms with E-state index < -0.39 is 0 Å². The van der Waals surface area contributed by atoms with E-state index in [-0.39, 0.29) is 11.3 Å². The summed E-state index contributed by atoms with van der Waals surface area (Å²) in [7, 11) is 0. The molecule has 4 aliphatic rings. The third-order valence-corrected chi connectivity index (χ3v) is 6.35. The lowest BCUT2D eigenvalue weighted by Crippen LogP contribution is -2.55. The Balaban J connectivity index is 1.24. The first-order valence-corrected chi connectivity index (χ1v) is 9.07. The second kappa shape index (κ2) is 4.78. The smallest absolute Gasteiger partial charge is 0.226 e. The molecule has 1 aromatic heterocycles. The maximum absolute atomic E-state index is 12.0. The lowest BCUT2D eigenvalue weighted by atomic mass is 9.45. The summed E-state index contributed by atoms with van der Waals surface area (Å²) >= 11 is 0. The van der Waals surface area contributed by atoms with Gasteiger partial charge < -0.3 is 15.0 Å². The Morgan fingerprint density at radius 3 is 2.75 bits per heavy atom. The van der Waals surface area contributed by atoms with Crippen LogP contribution in [0.1, 0.15) is 44.7 Å². The van der Waals surface area contributed by atoms with E-state index in [2.05, 4.69) is 34.6 Å². The number of rotatable bonds is 6. The molecule has 4 fully saturated rings. The summed E-state index contributed by atoms with van der Waals surface area (Å²) in [6.45, 7) is 3.45. The summed E-state index contributed by atoms with van der Waals surface area (Å²) < 4.78 is 6.03. The lowest BCUT2D eigenvalue weighted by Gasteiger charge is -2.61. The predicted molar refractivity (Wildman–Crippen MR) is 92.8 cm³/mol. The first kappa shape index (κ1) is 14.4. The number of carbonyl (C=O) groups is 1. The van der Waals surface area contributed by atoms with E-state index >= 15 is 0 Å². The van der Waals surface area contributed by atoms with Crippen LogP contribution in [0.4, 0.5) is 0 Å². The van der Waals surface area contributed by atoms with Crippen LogP contribution >= 0.6 is 0 Å². The fraction of sp³-hybridized carbons (Fsp3) is 0.550. The molecule has 2 bridgehead atoms. The molecule has 4 saturated carbocycles. The molecule has 0 aliphatic heterocycles. The molecule has 1 amide bonds. The van der Waals surface area contributed by atoms with Crippen LogP contribution in [0.15, 0.2) is 24.3 Å². The zero-order valence-corrected chi connectivity index (χ0v) is 14.2. The molecule has 24 heavy (non-hydrogen) atoms. The van der Waals surface area contributed by atoms with E-state index in [1.165, 1.54) is 19.3 Å². The Morgan fingerprint density at radius 1 is 1.29 bits per heavy atom. The van der Waals surface area contributed by atoms with Crippen molar-refractivity contribution in [1.82, 2.24) is 10.3 Å². The Bertz CT molecular complexity index is 801. The Morgan fingerprint density at radius 2 is 2.08 bits per heavy atom. The third kappa shape index (κ3) is 2.31. The molecular formula is C20H24N2O2. The van der Waals surface area contributed by atoms with Gasteiger partial charge in [-0.3, -0.25) is 4.79 Å². The summed E-state index contributed by atoms with van der Waals surface area (Å²) in [5, 5.41) is 4.20. The van der Waals surface area contributed by atoms with Gasteiger partial charge in [-0.25, -0.2) is 0 Å². The first-order valence-electron chi connectivity index (χ1n) is 9.07. The summed E-state index contributed by atoms with van der Waals surface area (Å²) in [6.07, 6.45) is 6.10. The third-order valence-electron chi connectivity index (χ3n) is 6.35. The quantitative estimate of drug-likeness (QED) is 0.850. The molecule has 126 valence electrons. The number of ether oxygens (including phenoxy) is 1. The predicted octanol–water partition coefficient (Wildman–Crippen LogP) is 3.76. The van der Waals surface area contributed by atoms with Crippen molar-refractivity contribution in [3.8, 4) is 5.75 Å². The van der Waals surface area contributed by atoms with E-state index in [0.29, 0.717) is 12.0 Å². The van der Waals surface area contributed by atoms with E-state index in [0.717, 1.165) is 47.7 Å². The van der Waals surface area contributed by atoms with E-state index in [9.17, 15) is 4.79 Å². The number of aromatic amines is 1. The van der Waals surface area contributed by atoms with Gasteiger partial charge >= 0.3 is 0 Å². The van der Waals surface area contributed by atoms with Gasteiger partial charge in [0.2, 0.25) is 5.91 Å². The van der Waals surface area contributed by atoms with Gasteiger partial charge in [-0.1, -0.05) is 6.92 Å². The molecule has 0 radical (unpaired) electrons. The highest BCUT2D eigenvalue weighted by molar-refractivity contribution is 5.85. The average Bonchev–Trinajstić information content (AvgIpc) is 3.10. The Labute approximate surface area is 142 Å². The van der Waals surface area contributed by atoms with Crippen LogP contribution in [-0.2, 0) is 11.3 Å². The summed E-state index contributed by atoms with van der Waals surface area (Å²) in [5.41, 5.74) is 2.50. The molecule has 6 rings (SSSR count). The monoisotopic (exact) mass is 324 g/mol. The molecule has 1 aromatic carbocycles. The molecule has 4 aliphatic carbocycles. The van der Waals surface area contributed by atoms with Crippen LogP contribution in [0.3, 0.4) is 0 Å². The number of H-pyrrole nitrogens is 1. The SMILES string of the molecule is CC1(C(=O)NCc2cc3ccc(OCC45CC(C4)C5)cc3[nH]2)CC1. The minimum absolute atomic E-state index is 0.117. The number of benzene rings is 1. The maximum Gasteiger partial charge on any atom is 0.226 e. The van der Waals surface area contributed by atoms with Crippen LogP contribution < -0.4 is 10.1 Å². The molecule has 2 N–H and O–H groups in total. The Kier molecular flexibility index (Phi) is 2.86. The van der Waals surface area contributed by atoms with Crippen LogP contribution in [0, 0.1) is 16.7 Å². The fourth-order valence-electron chi connectivity index (χ4n) is 4.23. The van der Waals surface area contributed by atoms with E-state index in [1.807, 2.05) is 6.92 Å². The van der Waals surface area contributed by atoms with Gasteiger partial charge in [0.15, 0.2) is 0 Å². The van der Waals surface area contributed by atoms with Crippen molar-refractivity contribution in [3.05, 3.63) is 30.0 Å². The van der Waals surface area contributed by atoms with Crippen LogP contribution in [0.5, 0.6) is 5.75 Å². The molecule has 4 nitrogen and oxygen atoms in total. The van der Waals surface area contributed by atoms with Gasteiger partial charge in [-0.15, -0.1) is 0 Å². The highest BCUT2D eigenvalue weighted by Crippen LogP contribution is 2.64. The van der Waals surface area contributed by atoms with Gasteiger partial charge in [-0.2, -0.15) is 0 Å². The normalized spacial score (nSPS) is 28.8. The number of fused-ring (bicyclic) bond motifs is 1. The number of carbonyl (C=O) groups excluding carboxylic acids is 1. The van der Waals surface area contributed by atoms with Gasteiger partial charge in [0.05, 0.1) is 13.2 Å². The summed E-state index contributed by atoms with van der Waals surface area (Å²) in [5.74, 6) is 2.11. The van der Waals surface area contributed by atoms with Crippen molar-refractivity contribution in [2.75, 3.05) is 6.61 Å². The average molecular weight is 324 g/mol.